The lowest BCUT2D eigenvalue weighted by Crippen LogP contribution is -2.38. The summed E-state index contributed by atoms with van der Waals surface area (Å²) in [5.74, 6) is 0.632. The summed E-state index contributed by atoms with van der Waals surface area (Å²) in [5.41, 5.74) is 0.968. The van der Waals surface area contributed by atoms with Crippen molar-refractivity contribution in [3.63, 3.8) is 0 Å². The van der Waals surface area contributed by atoms with Crippen molar-refractivity contribution < 1.29 is 9.13 Å². The molecule has 0 bridgehead atoms. The van der Waals surface area contributed by atoms with E-state index in [2.05, 4.69) is 26.1 Å². The van der Waals surface area contributed by atoms with Crippen LogP contribution >= 0.6 is 0 Å². The molecule has 0 heterocycles. The van der Waals surface area contributed by atoms with Crippen LogP contribution in [0.25, 0.3) is 0 Å². The van der Waals surface area contributed by atoms with Crippen molar-refractivity contribution in [1.82, 2.24) is 5.32 Å². The van der Waals surface area contributed by atoms with Gasteiger partial charge >= 0.3 is 0 Å². The molecule has 2 nitrogen and oxygen atoms in total. The fraction of sp³-hybridized carbons (Fsp3) is 0.647. The van der Waals surface area contributed by atoms with Crippen molar-refractivity contribution in [2.75, 3.05) is 0 Å². The molecular formula is C17H26FNO. The average Bonchev–Trinajstić information content (AvgIpc) is 2.92. The van der Waals surface area contributed by atoms with E-state index in [4.69, 9.17) is 4.74 Å². The van der Waals surface area contributed by atoms with Crippen LogP contribution in [0.4, 0.5) is 4.39 Å². The van der Waals surface area contributed by atoms with Gasteiger partial charge in [-0.2, -0.15) is 0 Å². The maximum Gasteiger partial charge on any atom is 0.124 e. The lowest BCUT2D eigenvalue weighted by molar-refractivity contribution is 0.206. The van der Waals surface area contributed by atoms with Gasteiger partial charge in [0.2, 0.25) is 0 Å². The molecule has 3 heteroatoms. The predicted molar refractivity (Wildman–Crippen MR) is 80.5 cm³/mol. The first-order chi connectivity index (χ1) is 9.50. The summed E-state index contributed by atoms with van der Waals surface area (Å²) in [6.07, 6.45) is 6.04. The van der Waals surface area contributed by atoms with Crippen LogP contribution in [0, 0.1) is 5.82 Å². The Kier molecular flexibility index (Phi) is 5.03. The van der Waals surface area contributed by atoms with Gasteiger partial charge in [0, 0.05) is 17.6 Å². The molecular weight excluding hydrogens is 253 g/mol. The second-order valence-corrected chi connectivity index (χ2v) is 6.37. The fourth-order valence-electron chi connectivity index (χ4n) is 2.45. The van der Waals surface area contributed by atoms with Crippen LogP contribution in [0.1, 0.15) is 58.4 Å². The molecule has 0 radical (unpaired) electrons. The third kappa shape index (κ3) is 4.20. The van der Waals surface area contributed by atoms with Crippen LogP contribution in [0.15, 0.2) is 18.2 Å². The molecule has 112 valence electrons. The van der Waals surface area contributed by atoms with Crippen molar-refractivity contribution in [3.8, 4) is 5.75 Å². The monoisotopic (exact) mass is 279 g/mol. The summed E-state index contributed by atoms with van der Waals surface area (Å²) >= 11 is 0. The van der Waals surface area contributed by atoms with Gasteiger partial charge in [-0.05, 0) is 64.2 Å². The Bertz CT molecular complexity index is 439. The Hall–Kier alpha value is -1.09. The van der Waals surface area contributed by atoms with Crippen molar-refractivity contribution in [1.29, 1.82) is 0 Å². The van der Waals surface area contributed by atoms with Crippen LogP contribution in [0.3, 0.4) is 0 Å². The number of halogens is 1. The fourth-order valence-corrected chi connectivity index (χ4v) is 2.45. The Labute approximate surface area is 121 Å². The van der Waals surface area contributed by atoms with Crippen LogP contribution in [-0.4, -0.2) is 11.6 Å². The zero-order chi connectivity index (χ0) is 14.6. The quantitative estimate of drug-likeness (QED) is 0.832. The minimum Gasteiger partial charge on any atom is -0.490 e. The normalized spacial score (nSPS) is 16.6. The second-order valence-electron chi connectivity index (χ2n) is 6.37. The van der Waals surface area contributed by atoms with Crippen LogP contribution in [0.2, 0.25) is 0 Å². The zero-order valence-corrected chi connectivity index (χ0v) is 12.8. The van der Waals surface area contributed by atoms with Crippen molar-refractivity contribution in [2.45, 2.75) is 71.1 Å². The summed E-state index contributed by atoms with van der Waals surface area (Å²) in [7, 11) is 0. The number of rotatable bonds is 6. The molecule has 0 saturated heterocycles. The molecule has 1 aromatic rings. The molecule has 0 unspecified atom stereocenters. The van der Waals surface area contributed by atoms with Gasteiger partial charge in [0.25, 0.3) is 0 Å². The summed E-state index contributed by atoms with van der Waals surface area (Å²) in [6.45, 7) is 7.10. The highest BCUT2D eigenvalue weighted by molar-refractivity contribution is 5.34. The summed E-state index contributed by atoms with van der Waals surface area (Å²) in [4.78, 5) is 0. The third-order valence-electron chi connectivity index (χ3n) is 4.26. The van der Waals surface area contributed by atoms with E-state index in [1.165, 1.54) is 18.9 Å². The smallest absolute Gasteiger partial charge is 0.124 e. The Morgan fingerprint density at radius 1 is 1.30 bits per heavy atom. The van der Waals surface area contributed by atoms with E-state index in [0.29, 0.717) is 12.6 Å². The number of hydrogen-bond acceptors (Lipinski definition) is 2. The van der Waals surface area contributed by atoms with E-state index < -0.39 is 0 Å². The van der Waals surface area contributed by atoms with E-state index in [-0.39, 0.29) is 11.4 Å². The molecule has 1 fully saturated rings. The molecule has 0 atom stereocenters. The van der Waals surface area contributed by atoms with Crippen LogP contribution < -0.4 is 10.1 Å². The van der Waals surface area contributed by atoms with Crippen molar-refractivity contribution >= 4 is 0 Å². The largest absolute Gasteiger partial charge is 0.490 e. The third-order valence-corrected chi connectivity index (χ3v) is 4.26. The summed E-state index contributed by atoms with van der Waals surface area (Å²) < 4.78 is 19.5. The number of hydrogen-bond donors (Lipinski definition) is 1. The van der Waals surface area contributed by atoms with Gasteiger partial charge in [-0.15, -0.1) is 0 Å². The van der Waals surface area contributed by atoms with E-state index in [1.54, 1.807) is 12.1 Å². The first kappa shape index (κ1) is 15.3. The van der Waals surface area contributed by atoms with Gasteiger partial charge in [0.1, 0.15) is 11.6 Å². The lowest BCUT2D eigenvalue weighted by Gasteiger charge is -2.25. The molecule has 0 aromatic heterocycles. The molecule has 0 spiro atoms. The van der Waals surface area contributed by atoms with Gasteiger partial charge in [0.15, 0.2) is 0 Å². The van der Waals surface area contributed by atoms with Crippen molar-refractivity contribution in [2.24, 2.45) is 0 Å². The highest BCUT2D eigenvalue weighted by Gasteiger charge is 2.19. The summed E-state index contributed by atoms with van der Waals surface area (Å²) in [6, 6.07) is 4.84. The van der Waals surface area contributed by atoms with Crippen molar-refractivity contribution in [3.05, 3.63) is 29.6 Å². The lowest BCUT2D eigenvalue weighted by atomic mass is 10.0. The predicted octanol–water partition coefficient (Wildman–Crippen LogP) is 4.43. The van der Waals surface area contributed by atoms with E-state index >= 15 is 0 Å². The first-order valence-electron chi connectivity index (χ1n) is 7.70. The molecule has 0 aliphatic heterocycles. The van der Waals surface area contributed by atoms with Crippen LogP contribution in [-0.2, 0) is 6.54 Å². The van der Waals surface area contributed by atoms with E-state index in [1.807, 2.05) is 0 Å². The number of nitrogens with one attached hydrogen (secondary N) is 1. The molecule has 20 heavy (non-hydrogen) atoms. The first-order valence-corrected chi connectivity index (χ1v) is 7.70. The highest BCUT2D eigenvalue weighted by Crippen LogP contribution is 2.27. The molecule has 1 N–H and O–H groups in total. The van der Waals surface area contributed by atoms with E-state index in [0.717, 1.165) is 30.6 Å². The Balaban J connectivity index is 2.06. The molecule has 2 rings (SSSR count). The molecule has 1 aliphatic rings. The zero-order valence-electron chi connectivity index (χ0n) is 12.8. The van der Waals surface area contributed by atoms with Gasteiger partial charge in [-0.25, -0.2) is 4.39 Å². The van der Waals surface area contributed by atoms with Gasteiger partial charge in [-0.3, -0.25) is 0 Å². The molecule has 1 aliphatic carbocycles. The SMILES string of the molecule is CCC(C)(C)NCc1cc(F)ccc1OC1CCCC1. The van der Waals surface area contributed by atoms with Crippen LogP contribution in [0.5, 0.6) is 5.75 Å². The topological polar surface area (TPSA) is 21.3 Å². The Morgan fingerprint density at radius 2 is 2.00 bits per heavy atom. The standard InChI is InChI=1S/C17H26FNO/c1-4-17(2,3)19-12-13-11-14(18)9-10-16(13)20-15-7-5-6-8-15/h9-11,15,19H,4-8,12H2,1-3H3. The van der Waals surface area contributed by atoms with Gasteiger partial charge in [0.05, 0.1) is 6.10 Å². The van der Waals surface area contributed by atoms with E-state index in [9.17, 15) is 4.39 Å². The molecule has 1 aromatic carbocycles. The molecule has 1 saturated carbocycles. The maximum absolute atomic E-state index is 13.5. The number of benzene rings is 1. The Morgan fingerprint density at radius 3 is 2.65 bits per heavy atom. The minimum absolute atomic E-state index is 0.0525. The minimum atomic E-state index is -0.199. The molecule has 0 amide bonds. The van der Waals surface area contributed by atoms with Gasteiger partial charge in [-0.1, -0.05) is 6.92 Å². The van der Waals surface area contributed by atoms with Gasteiger partial charge < -0.3 is 10.1 Å². The highest BCUT2D eigenvalue weighted by atomic mass is 19.1. The number of ether oxygens (including phenoxy) is 1. The maximum atomic E-state index is 13.5. The summed E-state index contributed by atoms with van der Waals surface area (Å²) in [5, 5.41) is 3.47. The second kappa shape index (κ2) is 6.57. The average molecular weight is 279 g/mol.